The Morgan fingerprint density at radius 1 is 1.09 bits per heavy atom. The maximum Gasteiger partial charge on any atom is 0.252 e. The van der Waals surface area contributed by atoms with E-state index >= 15 is 8.78 Å². The maximum atomic E-state index is 15.5. The van der Waals surface area contributed by atoms with Crippen LogP contribution in [-0.4, -0.2) is 62.0 Å². The fraction of sp³-hybridized carbons (Fsp3) is 0.458. The number of alkyl halides is 1. The number of ether oxygens (including phenoxy) is 1. The second-order valence-electron chi connectivity index (χ2n) is 9.22. The van der Waals surface area contributed by atoms with Crippen molar-refractivity contribution in [2.75, 3.05) is 13.2 Å². The van der Waals surface area contributed by atoms with Gasteiger partial charge in [-0.2, -0.15) is 0 Å². The van der Waals surface area contributed by atoms with Gasteiger partial charge in [0, 0.05) is 17.5 Å². The molecule has 3 fully saturated rings. The first-order valence-corrected chi connectivity index (χ1v) is 13.0. The van der Waals surface area contributed by atoms with Gasteiger partial charge in [0.15, 0.2) is 0 Å². The van der Waals surface area contributed by atoms with E-state index in [1.165, 1.54) is 23.1 Å². The van der Waals surface area contributed by atoms with Gasteiger partial charge < -0.3 is 9.64 Å². The Morgan fingerprint density at radius 3 is 2.49 bits per heavy atom. The molecule has 6 nitrogen and oxygen atoms in total. The van der Waals surface area contributed by atoms with Crippen molar-refractivity contribution in [3.05, 3.63) is 59.4 Å². The standard InChI is InChI=1S/C24H24F4N2O4S/c25-14-4-7-18(26)17(11-14)16-3-1-2-13(22(16)28)10-20-23(29-35(32,33)15-5-6-15)19(27)12-30(20)24(31)21-8-9-34-21/h1-4,7,11,15,19-21,23,29H,5-6,8-10,12H2/t19-,20-,21?,23-/m0/s1. The lowest BCUT2D eigenvalue weighted by molar-refractivity contribution is -0.157. The lowest BCUT2D eigenvalue weighted by atomic mass is 9.95. The number of sulfonamides is 1. The Morgan fingerprint density at radius 2 is 1.83 bits per heavy atom. The van der Waals surface area contributed by atoms with E-state index < -0.39 is 63.0 Å². The average Bonchev–Trinajstić information content (AvgIpc) is 3.59. The van der Waals surface area contributed by atoms with E-state index in [9.17, 15) is 22.0 Å². The molecule has 0 spiro atoms. The number of rotatable bonds is 7. The van der Waals surface area contributed by atoms with Crippen LogP contribution in [0.3, 0.4) is 0 Å². The number of amides is 1. The molecule has 2 saturated heterocycles. The highest BCUT2D eigenvalue weighted by molar-refractivity contribution is 7.90. The van der Waals surface area contributed by atoms with E-state index in [2.05, 4.69) is 4.72 Å². The normalized spacial score (nSPS) is 26.6. The Labute approximate surface area is 200 Å². The van der Waals surface area contributed by atoms with Crippen molar-refractivity contribution in [1.29, 1.82) is 0 Å². The molecule has 1 amide bonds. The summed E-state index contributed by atoms with van der Waals surface area (Å²) in [5, 5.41) is -0.605. The van der Waals surface area contributed by atoms with E-state index in [1.807, 2.05) is 0 Å². The smallest absolute Gasteiger partial charge is 0.252 e. The molecule has 11 heteroatoms. The zero-order valence-corrected chi connectivity index (χ0v) is 19.4. The van der Waals surface area contributed by atoms with Gasteiger partial charge in [-0.15, -0.1) is 0 Å². The number of benzene rings is 2. The van der Waals surface area contributed by atoms with Crippen LogP contribution in [0, 0.1) is 17.5 Å². The molecule has 1 N–H and O–H groups in total. The van der Waals surface area contributed by atoms with Gasteiger partial charge in [-0.3, -0.25) is 4.79 Å². The quantitative estimate of drug-likeness (QED) is 0.579. The summed E-state index contributed by atoms with van der Waals surface area (Å²) in [6.07, 6.45) is -1.28. The molecule has 0 radical (unpaired) electrons. The van der Waals surface area contributed by atoms with Crippen LogP contribution in [0.4, 0.5) is 17.6 Å². The van der Waals surface area contributed by atoms with Crippen LogP contribution >= 0.6 is 0 Å². The minimum Gasteiger partial charge on any atom is -0.368 e. The van der Waals surface area contributed by atoms with E-state index in [0.717, 1.165) is 18.2 Å². The zero-order valence-electron chi connectivity index (χ0n) is 18.6. The topological polar surface area (TPSA) is 75.7 Å². The van der Waals surface area contributed by atoms with Gasteiger partial charge in [0.05, 0.1) is 30.5 Å². The number of nitrogens with one attached hydrogen (secondary N) is 1. The largest absolute Gasteiger partial charge is 0.368 e. The predicted octanol–water partition coefficient (Wildman–Crippen LogP) is 3.10. The van der Waals surface area contributed by atoms with Gasteiger partial charge in [-0.05, 0) is 43.0 Å². The van der Waals surface area contributed by atoms with Crippen molar-refractivity contribution in [3.63, 3.8) is 0 Å². The molecule has 35 heavy (non-hydrogen) atoms. The number of hydrogen-bond acceptors (Lipinski definition) is 4. The van der Waals surface area contributed by atoms with Gasteiger partial charge in [-0.1, -0.05) is 18.2 Å². The first-order valence-electron chi connectivity index (χ1n) is 11.5. The summed E-state index contributed by atoms with van der Waals surface area (Å²) in [6, 6.07) is 4.52. The third kappa shape index (κ3) is 4.68. The lowest BCUT2D eigenvalue weighted by Crippen LogP contribution is -2.53. The van der Waals surface area contributed by atoms with E-state index in [-0.39, 0.29) is 29.7 Å². The van der Waals surface area contributed by atoms with Crippen LogP contribution in [0.5, 0.6) is 0 Å². The Balaban J connectivity index is 1.49. The summed E-state index contributed by atoms with van der Waals surface area (Å²) in [7, 11) is -3.81. The molecule has 1 unspecified atom stereocenters. The summed E-state index contributed by atoms with van der Waals surface area (Å²) in [6.45, 7) is 0.0304. The fourth-order valence-corrected chi connectivity index (χ4v) is 6.30. The molecule has 2 aromatic rings. The van der Waals surface area contributed by atoms with Crippen molar-refractivity contribution < 1.29 is 35.5 Å². The molecule has 1 saturated carbocycles. The number of halogens is 4. The molecule has 188 valence electrons. The molecule has 0 aromatic heterocycles. The van der Waals surface area contributed by atoms with Gasteiger partial charge >= 0.3 is 0 Å². The summed E-state index contributed by atoms with van der Waals surface area (Å²) in [5.74, 6) is -2.89. The Bertz CT molecular complexity index is 1250. The molecule has 2 heterocycles. The first kappa shape index (κ1) is 24.2. The minimum absolute atomic E-state index is 0.0215. The van der Waals surface area contributed by atoms with E-state index in [0.29, 0.717) is 25.9 Å². The number of carbonyl (C=O) groups excluding carboxylic acids is 1. The van der Waals surface area contributed by atoms with Crippen molar-refractivity contribution in [3.8, 4) is 11.1 Å². The highest BCUT2D eigenvalue weighted by Gasteiger charge is 2.50. The van der Waals surface area contributed by atoms with Crippen LogP contribution in [0.15, 0.2) is 36.4 Å². The number of nitrogens with zero attached hydrogens (tertiary/aromatic N) is 1. The second-order valence-corrected chi connectivity index (χ2v) is 11.2. The van der Waals surface area contributed by atoms with Crippen molar-refractivity contribution in [2.45, 2.75) is 55.3 Å². The monoisotopic (exact) mass is 512 g/mol. The minimum atomic E-state index is -3.81. The predicted molar refractivity (Wildman–Crippen MR) is 119 cm³/mol. The molecule has 5 rings (SSSR count). The van der Waals surface area contributed by atoms with Crippen molar-refractivity contribution >= 4 is 15.9 Å². The van der Waals surface area contributed by atoms with Crippen LogP contribution in [0.1, 0.15) is 24.8 Å². The molecule has 3 aliphatic rings. The molecule has 2 aromatic carbocycles. The number of hydrogen-bond donors (Lipinski definition) is 1. The van der Waals surface area contributed by atoms with Gasteiger partial charge in [0.2, 0.25) is 10.0 Å². The van der Waals surface area contributed by atoms with Crippen LogP contribution in [0.25, 0.3) is 11.1 Å². The summed E-state index contributed by atoms with van der Waals surface area (Å²) in [5.41, 5.74) is -0.446. The van der Waals surface area contributed by atoms with Gasteiger partial charge in [0.1, 0.15) is 29.7 Å². The van der Waals surface area contributed by atoms with E-state index in [4.69, 9.17) is 4.74 Å². The third-order valence-electron chi connectivity index (χ3n) is 6.82. The highest BCUT2D eigenvalue weighted by Crippen LogP contribution is 2.34. The Kier molecular flexibility index (Phi) is 6.35. The average molecular weight is 513 g/mol. The summed E-state index contributed by atoms with van der Waals surface area (Å²) in [4.78, 5) is 14.2. The lowest BCUT2D eigenvalue weighted by Gasteiger charge is -2.34. The second kappa shape index (κ2) is 9.18. The SMILES string of the molecule is O=C(C1CCO1)N1C[C@H](F)[C@H](NS(=O)(=O)C2CC2)[C@@H]1Cc1cccc(-c2cc(F)ccc2F)c1F. The summed E-state index contributed by atoms with van der Waals surface area (Å²) >= 11 is 0. The Hall–Kier alpha value is -2.50. The van der Waals surface area contributed by atoms with Crippen LogP contribution in [-0.2, 0) is 26.0 Å². The molecular weight excluding hydrogens is 488 g/mol. The number of likely N-dealkylation sites (tertiary alicyclic amines) is 1. The molecule has 4 atom stereocenters. The zero-order chi connectivity index (χ0) is 24.9. The van der Waals surface area contributed by atoms with Gasteiger partial charge in [0.25, 0.3) is 5.91 Å². The van der Waals surface area contributed by atoms with Crippen LogP contribution in [0.2, 0.25) is 0 Å². The molecule has 2 aliphatic heterocycles. The maximum absolute atomic E-state index is 15.5. The van der Waals surface area contributed by atoms with Crippen LogP contribution < -0.4 is 4.72 Å². The molecule has 1 aliphatic carbocycles. The molecular formula is C24H24F4N2O4S. The fourth-order valence-electron chi connectivity index (χ4n) is 4.67. The highest BCUT2D eigenvalue weighted by atomic mass is 32.2. The third-order valence-corrected chi connectivity index (χ3v) is 8.77. The van der Waals surface area contributed by atoms with Gasteiger partial charge in [-0.25, -0.2) is 30.7 Å². The number of carbonyl (C=O) groups is 1. The first-order chi connectivity index (χ1) is 16.7. The van der Waals surface area contributed by atoms with E-state index in [1.54, 1.807) is 0 Å². The summed E-state index contributed by atoms with van der Waals surface area (Å²) < 4.78 is 91.6. The van der Waals surface area contributed by atoms with Crippen molar-refractivity contribution in [1.82, 2.24) is 9.62 Å². The van der Waals surface area contributed by atoms with Crippen molar-refractivity contribution in [2.24, 2.45) is 0 Å². The molecule has 0 bridgehead atoms.